The number of aryl methyl sites for hydroxylation is 2. The van der Waals surface area contributed by atoms with Crippen molar-refractivity contribution >= 4 is 21.9 Å². The molecule has 2 aromatic rings. The molecule has 0 amide bonds. The molecule has 0 atom stereocenters. The van der Waals surface area contributed by atoms with Crippen LogP contribution in [0.1, 0.15) is 16.1 Å². The first-order valence-electron chi connectivity index (χ1n) is 5.56. The lowest BCUT2D eigenvalue weighted by Crippen LogP contribution is -1.99. The number of methoxy groups -OCH3 is 1. The van der Waals surface area contributed by atoms with Gasteiger partial charge >= 0.3 is 5.97 Å². The van der Waals surface area contributed by atoms with Crippen molar-refractivity contribution in [2.45, 2.75) is 6.92 Å². The highest BCUT2D eigenvalue weighted by molar-refractivity contribution is 9.10. The van der Waals surface area contributed by atoms with E-state index in [2.05, 4.69) is 21.0 Å². The molecule has 0 aliphatic carbocycles. The Morgan fingerprint density at radius 1 is 1.47 bits per heavy atom. The second kappa shape index (κ2) is 5.05. The predicted molar refractivity (Wildman–Crippen MR) is 74.6 cm³/mol. The number of benzene rings is 1. The van der Waals surface area contributed by atoms with Gasteiger partial charge in [-0.15, -0.1) is 0 Å². The summed E-state index contributed by atoms with van der Waals surface area (Å²) in [6, 6.07) is 5.72. The molecule has 1 heterocycles. The van der Waals surface area contributed by atoms with E-state index in [4.69, 9.17) is 9.84 Å². The number of halogens is 1. The molecule has 0 radical (unpaired) electrons. The first-order chi connectivity index (χ1) is 8.95. The van der Waals surface area contributed by atoms with E-state index in [1.54, 1.807) is 14.2 Å². The van der Waals surface area contributed by atoms with Gasteiger partial charge in [0.25, 0.3) is 0 Å². The van der Waals surface area contributed by atoms with Crippen LogP contribution in [0.15, 0.2) is 22.7 Å². The Labute approximate surface area is 118 Å². The summed E-state index contributed by atoms with van der Waals surface area (Å²) in [5.74, 6) is -0.397. The lowest BCUT2D eigenvalue weighted by atomic mass is 10.1. The average molecular weight is 325 g/mol. The molecule has 5 nitrogen and oxygen atoms in total. The number of hydrogen-bond donors (Lipinski definition) is 1. The first-order valence-corrected chi connectivity index (χ1v) is 6.35. The molecule has 0 aliphatic heterocycles. The quantitative estimate of drug-likeness (QED) is 0.942. The van der Waals surface area contributed by atoms with Crippen LogP contribution in [0.5, 0.6) is 5.75 Å². The highest BCUT2D eigenvalue weighted by Crippen LogP contribution is 2.36. The van der Waals surface area contributed by atoms with E-state index >= 15 is 0 Å². The SMILES string of the molecule is COc1ccc(C)cc1-c1c(Br)c(C(=O)O)nn1C. The van der Waals surface area contributed by atoms with E-state index in [1.165, 1.54) is 4.68 Å². The molecule has 0 aliphatic rings. The monoisotopic (exact) mass is 324 g/mol. The molecule has 0 saturated heterocycles. The number of carbonyl (C=O) groups is 1. The van der Waals surface area contributed by atoms with Crippen LogP contribution in [-0.4, -0.2) is 28.0 Å². The van der Waals surface area contributed by atoms with E-state index < -0.39 is 5.97 Å². The summed E-state index contributed by atoms with van der Waals surface area (Å²) >= 11 is 3.31. The van der Waals surface area contributed by atoms with Gasteiger partial charge in [-0.2, -0.15) is 5.10 Å². The van der Waals surface area contributed by atoms with Crippen LogP contribution in [0.2, 0.25) is 0 Å². The minimum absolute atomic E-state index is 0.0129. The van der Waals surface area contributed by atoms with Crippen LogP contribution in [0.3, 0.4) is 0 Å². The third-order valence-electron chi connectivity index (χ3n) is 2.80. The summed E-state index contributed by atoms with van der Waals surface area (Å²) in [4.78, 5) is 11.1. The Morgan fingerprint density at radius 2 is 2.16 bits per heavy atom. The van der Waals surface area contributed by atoms with Crippen LogP contribution in [-0.2, 0) is 7.05 Å². The second-order valence-electron chi connectivity index (χ2n) is 4.14. The molecule has 100 valence electrons. The number of carboxylic acids is 1. The standard InChI is InChI=1S/C13H13BrN2O3/c1-7-4-5-9(19-3)8(6-7)12-10(14)11(13(17)18)15-16(12)2/h4-6H,1-3H3,(H,17,18). The van der Waals surface area contributed by atoms with Crippen LogP contribution in [0.25, 0.3) is 11.3 Å². The minimum Gasteiger partial charge on any atom is -0.496 e. The summed E-state index contributed by atoms with van der Waals surface area (Å²) in [5, 5.41) is 13.1. The van der Waals surface area contributed by atoms with Gasteiger partial charge in [-0.3, -0.25) is 4.68 Å². The lowest BCUT2D eigenvalue weighted by Gasteiger charge is -2.10. The molecule has 1 N–H and O–H groups in total. The topological polar surface area (TPSA) is 64.3 Å². The second-order valence-corrected chi connectivity index (χ2v) is 4.94. The molecular formula is C13H13BrN2O3. The maximum Gasteiger partial charge on any atom is 0.357 e. The van der Waals surface area contributed by atoms with Gasteiger partial charge in [0.05, 0.1) is 17.3 Å². The number of aromatic carboxylic acids is 1. The number of ether oxygens (including phenoxy) is 1. The maximum atomic E-state index is 11.1. The first kappa shape index (κ1) is 13.6. The molecule has 19 heavy (non-hydrogen) atoms. The molecule has 1 aromatic heterocycles. The molecule has 2 rings (SSSR count). The normalized spacial score (nSPS) is 10.5. The molecular weight excluding hydrogens is 312 g/mol. The maximum absolute atomic E-state index is 11.1. The fourth-order valence-electron chi connectivity index (χ4n) is 1.93. The number of hydrogen-bond acceptors (Lipinski definition) is 3. The number of rotatable bonds is 3. The van der Waals surface area contributed by atoms with Gasteiger partial charge in [-0.25, -0.2) is 4.79 Å². The van der Waals surface area contributed by atoms with Crippen molar-refractivity contribution in [3.05, 3.63) is 33.9 Å². The molecule has 6 heteroatoms. The van der Waals surface area contributed by atoms with Gasteiger partial charge in [-0.05, 0) is 35.0 Å². The molecule has 0 fully saturated rings. The van der Waals surface area contributed by atoms with Crippen molar-refractivity contribution in [3.8, 4) is 17.0 Å². The van der Waals surface area contributed by atoms with Crippen molar-refractivity contribution < 1.29 is 14.6 Å². The van der Waals surface area contributed by atoms with Gasteiger partial charge in [0.1, 0.15) is 5.75 Å². The van der Waals surface area contributed by atoms with Crippen LogP contribution < -0.4 is 4.74 Å². The molecule has 0 unspecified atom stereocenters. The zero-order valence-electron chi connectivity index (χ0n) is 10.8. The number of nitrogens with zero attached hydrogens (tertiary/aromatic N) is 2. The highest BCUT2D eigenvalue weighted by atomic mass is 79.9. The van der Waals surface area contributed by atoms with Gasteiger partial charge in [0.2, 0.25) is 0 Å². The largest absolute Gasteiger partial charge is 0.496 e. The van der Waals surface area contributed by atoms with E-state index in [-0.39, 0.29) is 5.69 Å². The van der Waals surface area contributed by atoms with Gasteiger partial charge < -0.3 is 9.84 Å². The van der Waals surface area contributed by atoms with Crippen molar-refractivity contribution in [2.75, 3.05) is 7.11 Å². The van der Waals surface area contributed by atoms with Crippen LogP contribution in [0, 0.1) is 6.92 Å². The Kier molecular flexibility index (Phi) is 3.61. The van der Waals surface area contributed by atoms with E-state index in [9.17, 15) is 4.79 Å². The van der Waals surface area contributed by atoms with Gasteiger partial charge in [0.15, 0.2) is 5.69 Å². The zero-order valence-corrected chi connectivity index (χ0v) is 12.4. The summed E-state index contributed by atoms with van der Waals surface area (Å²) in [5.41, 5.74) is 2.52. The highest BCUT2D eigenvalue weighted by Gasteiger charge is 2.22. The third kappa shape index (κ3) is 2.35. The van der Waals surface area contributed by atoms with Crippen molar-refractivity contribution in [3.63, 3.8) is 0 Å². The van der Waals surface area contributed by atoms with Gasteiger partial charge in [-0.1, -0.05) is 11.6 Å². The fraction of sp³-hybridized carbons (Fsp3) is 0.231. The number of aromatic nitrogens is 2. The summed E-state index contributed by atoms with van der Waals surface area (Å²) in [7, 11) is 3.28. The Bertz CT molecular complexity index is 650. The fourth-order valence-corrected chi connectivity index (χ4v) is 2.65. The predicted octanol–water partition coefficient (Wildman–Crippen LogP) is 2.86. The van der Waals surface area contributed by atoms with Crippen molar-refractivity contribution in [2.24, 2.45) is 7.05 Å². The van der Waals surface area contributed by atoms with Crippen molar-refractivity contribution in [1.29, 1.82) is 0 Å². The summed E-state index contributed by atoms with van der Waals surface area (Å²) in [6.45, 7) is 1.96. The molecule has 1 aromatic carbocycles. The van der Waals surface area contributed by atoms with Crippen LogP contribution >= 0.6 is 15.9 Å². The summed E-state index contributed by atoms with van der Waals surface area (Å²) < 4.78 is 7.31. The Morgan fingerprint density at radius 3 is 2.68 bits per heavy atom. The van der Waals surface area contributed by atoms with Crippen LogP contribution in [0.4, 0.5) is 0 Å². The van der Waals surface area contributed by atoms with E-state index in [0.717, 1.165) is 11.1 Å². The minimum atomic E-state index is -1.07. The average Bonchev–Trinajstić information content (AvgIpc) is 2.65. The number of carboxylic acid groups (broad SMARTS) is 1. The Hall–Kier alpha value is -1.82. The molecule has 0 bridgehead atoms. The third-order valence-corrected chi connectivity index (χ3v) is 3.55. The van der Waals surface area contributed by atoms with E-state index in [0.29, 0.717) is 15.9 Å². The zero-order chi connectivity index (χ0) is 14.2. The van der Waals surface area contributed by atoms with Crippen molar-refractivity contribution in [1.82, 2.24) is 9.78 Å². The molecule has 0 saturated carbocycles. The smallest absolute Gasteiger partial charge is 0.357 e. The van der Waals surface area contributed by atoms with Gasteiger partial charge in [0, 0.05) is 12.6 Å². The Balaban J connectivity index is 2.72. The summed E-state index contributed by atoms with van der Waals surface area (Å²) in [6.07, 6.45) is 0. The molecule has 0 spiro atoms. The lowest BCUT2D eigenvalue weighted by molar-refractivity contribution is 0.0688. The van der Waals surface area contributed by atoms with E-state index in [1.807, 2.05) is 25.1 Å².